The second-order valence-electron chi connectivity index (χ2n) is 20.4. The van der Waals surface area contributed by atoms with Crippen LogP contribution in [0.2, 0.25) is 0 Å². The monoisotopic (exact) mass is 751 g/mol. The van der Waals surface area contributed by atoms with Crippen LogP contribution in [-0.2, 0) is 20.9 Å². The van der Waals surface area contributed by atoms with E-state index < -0.39 is 17.1 Å². The molecule has 4 N–H and O–H groups in total. The third-order valence-corrected chi connectivity index (χ3v) is 17.2. The van der Waals surface area contributed by atoms with Crippen LogP contribution in [0.25, 0.3) is 0 Å². The summed E-state index contributed by atoms with van der Waals surface area (Å²) in [5.41, 5.74) is 3.90. The van der Waals surface area contributed by atoms with Crippen LogP contribution < -0.4 is 5.32 Å². The highest BCUT2D eigenvalue weighted by Crippen LogP contribution is 2.75. The molecule has 2 aromatic rings. The summed E-state index contributed by atoms with van der Waals surface area (Å²) in [5, 5.41) is 35.9. The molecule has 5 fully saturated rings. The summed E-state index contributed by atoms with van der Waals surface area (Å²) in [6.45, 7) is 16.5. The molecule has 1 aliphatic heterocycles. The van der Waals surface area contributed by atoms with E-state index in [2.05, 4.69) is 65.9 Å². The van der Waals surface area contributed by atoms with Crippen molar-refractivity contribution in [3.8, 4) is 11.5 Å². The van der Waals surface area contributed by atoms with Crippen molar-refractivity contribution in [3.63, 3.8) is 0 Å². The van der Waals surface area contributed by atoms with Gasteiger partial charge in [0.05, 0.1) is 11.7 Å². The van der Waals surface area contributed by atoms with Crippen LogP contribution in [0.4, 0.5) is 0 Å². The second kappa shape index (κ2) is 13.3. The zero-order chi connectivity index (χ0) is 39.5. The average Bonchev–Trinajstić information content (AvgIpc) is 3.42. The van der Waals surface area contributed by atoms with E-state index in [1.54, 1.807) is 18.2 Å². The number of aliphatic hydroxyl groups excluding tert-OH is 1. The van der Waals surface area contributed by atoms with Crippen LogP contribution in [0, 0.1) is 45.3 Å². The number of hydrogen-bond acceptors (Lipinski definition) is 7. The molecule has 0 spiro atoms. The topological polar surface area (TPSA) is 119 Å². The third kappa shape index (κ3) is 5.82. The van der Waals surface area contributed by atoms with Crippen LogP contribution in [0.1, 0.15) is 141 Å². The number of carbonyl (C=O) groups is 2. The molecule has 1 heterocycles. The SMILES string of the molecule is CNCc1cc(O)cc([C@@H]2C[C@]3(C)[C@H](CC[C@@]4(C)[C@H]3CCC3=C([C@H](C)C[C@@H](O)[C@@H]5O[C@]5(C)[C@H]5CCC[C@H]5c5cccc(O)c5)C(=O)C[C@@]34C)C(C)(C)C2=O)c1. The van der Waals surface area contributed by atoms with Gasteiger partial charge in [-0.3, -0.25) is 9.59 Å². The van der Waals surface area contributed by atoms with Gasteiger partial charge in [-0.1, -0.05) is 71.7 Å². The predicted octanol–water partition coefficient (Wildman–Crippen LogP) is 9.14. The largest absolute Gasteiger partial charge is 0.508 e. The number of phenolic OH excluding ortho intramolecular Hbond substituents is 2. The highest BCUT2D eigenvalue weighted by Gasteiger charge is 2.69. The first-order valence-electron chi connectivity index (χ1n) is 21.3. The van der Waals surface area contributed by atoms with Gasteiger partial charge in [-0.2, -0.15) is 0 Å². The molecular formula is C48H65NO6. The lowest BCUT2D eigenvalue weighted by molar-refractivity contribution is -0.183. The fourth-order valence-electron chi connectivity index (χ4n) is 14.5. The molecule has 5 aliphatic carbocycles. The van der Waals surface area contributed by atoms with Gasteiger partial charge in [0.2, 0.25) is 0 Å². The maximum absolute atomic E-state index is 14.4. The molecule has 0 bridgehead atoms. The molecule has 2 aromatic carbocycles. The molecule has 0 amide bonds. The molecule has 55 heavy (non-hydrogen) atoms. The Morgan fingerprint density at radius 1 is 0.909 bits per heavy atom. The van der Waals surface area contributed by atoms with E-state index in [1.807, 2.05) is 19.2 Å². The van der Waals surface area contributed by atoms with Gasteiger partial charge in [0, 0.05) is 29.7 Å². The molecule has 298 valence electrons. The average molecular weight is 752 g/mol. The molecule has 7 nitrogen and oxygen atoms in total. The fraction of sp³-hybridized carbons (Fsp3) is 0.667. The lowest BCUT2D eigenvalue weighted by Crippen LogP contribution is -2.63. The fourth-order valence-corrected chi connectivity index (χ4v) is 14.5. The van der Waals surface area contributed by atoms with E-state index >= 15 is 0 Å². The number of allylic oxidation sites excluding steroid dienone is 2. The number of ether oxygens (including phenoxy) is 1. The number of rotatable bonds is 9. The van der Waals surface area contributed by atoms with E-state index in [0.717, 1.165) is 73.6 Å². The summed E-state index contributed by atoms with van der Waals surface area (Å²) >= 11 is 0. The van der Waals surface area contributed by atoms with Crippen molar-refractivity contribution in [2.24, 2.45) is 45.3 Å². The van der Waals surface area contributed by atoms with Gasteiger partial charge in [0.15, 0.2) is 5.78 Å². The van der Waals surface area contributed by atoms with Crippen LogP contribution in [0.5, 0.6) is 11.5 Å². The van der Waals surface area contributed by atoms with Gasteiger partial charge in [-0.25, -0.2) is 0 Å². The maximum Gasteiger partial charge on any atom is 0.159 e. The van der Waals surface area contributed by atoms with E-state index in [-0.39, 0.29) is 69.1 Å². The number of phenols is 2. The number of carbonyl (C=O) groups excluding carboxylic acids is 2. The summed E-state index contributed by atoms with van der Waals surface area (Å²) in [6, 6.07) is 13.3. The summed E-state index contributed by atoms with van der Waals surface area (Å²) in [7, 11) is 1.89. The molecule has 0 radical (unpaired) electrons. The zero-order valence-corrected chi connectivity index (χ0v) is 34.5. The lowest BCUT2D eigenvalue weighted by atomic mass is 9.35. The minimum Gasteiger partial charge on any atom is -0.508 e. The van der Waals surface area contributed by atoms with Gasteiger partial charge >= 0.3 is 0 Å². The summed E-state index contributed by atoms with van der Waals surface area (Å²) in [4.78, 5) is 28.8. The summed E-state index contributed by atoms with van der Waals surface area (Å²) in [6.07, 6.45) is 7.87. The van der Waals surface area contributed by atoms with Crippen molar-refractivity contribution in [2.45, 2.75) is 149 Å². The van der Waals surface area contributed by atoms with E-state index in [1.165, 1.54) is 5.57 Å². The zero-order valence-electron chi connectivity index (χ0n) is 34.5. The first kappa shape index (κ1) is 38.9. The number of aliphatic hydroxyl groups is 1. The Balaban J connectivity index is 1.04. The van der Waals surface area contributed by atoms with Gasteiger partial charge in [0.25, 0.3) is 0 Å². The standard InChI is InChI=1S/C48H65NO6/c1-27(19-37(52)43-48(7,55-43)35-14-10-13-33(35)29-11-9-12-31(50)22-29)41-36-15-16-40-45(4)24-34(30-20-28(26-49-8)21-32(51)23-30)42(54)44(2,3)39(45)17-18-46(40,5)47(36,6)25-38(41)53/h9,11-12,20-23,27,33-35,37,39-40,43,49-52H,10,13-19,24-26H2,1-8H3/t27-,33+,34+,35+,37-,39-,40+,43+,45-,46+,47+,48-/m1/s1. The minimum absolute atomic E-state index is 0.0709. The maximum atomic E-state index is 14.4. The normalized spacial score (nSPS) is 40.4. The Morgan fingerprint density at radius 3 is 2.38 bits per heavy atom. The number of hydrogen-bond donors (Lipinski definition) is 4. The molecule has 8 rings (SSSR count). The first-order chi connectivity index (χ1) is 25.9. The number of aromatic hydroxyl groups is 2. The van der Waals surface area contributed by atoms with Crippen molar-refractivity contribution in [3.05, 3.63) is 70.3 Å². The molecule has 4 saturated carbocycles. The van der Waals surface area contributed by atoms with E-state index in [0.29, 0.717) is 31.2 Å². The van der Waals surface area contributed by atoms with Crippen LogP contribution >= 0.6 is 0 Å². The highest BCUT2D eigenvalue weighted by molar-refractivity contribution is 6.00. The third-order valence-electron chi connectivity index (χ3n) is 17.2. The number of nitrogens with one attached hydrogen (secondary N) is 1. The number of epoxide rings is 1. The molecule has 0 aromatic heterocycles. The van der Waals surface area contributed by atoms with Gasteiger partial charge in [-0.15, -0.1) is 0 Å². The van der Waals surface area contributed by atoms with E-state index in [9.17, 15) is 24.9 Å². The van der Waals surface area contributed by atoms with Crippen molar-refractivity contribution in [1.82, 2.24) is 5.32 Å². The van der Waals surface area contributed by atoms with Gasteiger partial charge in [-0.05, 0) is 152 Å². The molecule has 0 unspecified atom stereocenters. The Bertz CT molecular complexity index is 1920. The Hall–Kier alpha value is -3.00. The first-order valence-corrected chi connectivity index (χ1v) is 21.3. The highest BCUT2D eigenvalue weighted by atomic mass is 16.6. The molecule has 12 atom stereocenters. The number of benzene rings is 2. The summed E-state index contributed by atoms with van der Waals surface area (Å²) in [5.74, 6) is 1.83. The Morgan fingerprint density at radius 2 is 1.65 bits per heavy atom. The van der Waals surface area contributed by atoms with Crippen molar-refractivity contribution in [1.29, 1.82) is 0 Å². The van der Waals surface area contributed by atoms with Crippen molar-refractivity contribution < 1.29 is 29.6 Å². The van der Waals surface area contributed by atoms with Gasteiger partial charge < -0.3 is 25.4 Å². The van der Waals surface area contributed by atoms with Crippen LogP contribution in [0.3, 0.4) is 0 Å². The second-order valence-corrected chi connectivity index (χ2v) is 20.4. The summed E-state index contributed by atoms with van der Waals surface area (Å²) < 4.78 is 6.43. The molecule has 7 heteroatoms. The molecule has 1 saturated heterocycles. The number of Topliss-reactive ketones (excluding diaryl/α,β-unsaturated/α-hetero) is 2. The predicted molar refractivity (Wildman–Crippen MR) is 215 cm³/mol. The van der Waals surface area contributed by atoms with Gasteiger partial charge in [0.1, 0.15) is 23.4 Å². The lowest BCUT2D eigenvalue weighted by Gasteiger charge is -2.68. The van der Waals surface area contributed by atoms with Crippen LogP contribution in [-0.4, -0.2) is 51.7 Å². The smallest absolute Gasteiger partial charge is 0.159 e. The van der Waals surface area contributed by atoms with Crippen molar-refractivity contribution in [2.75, 3.05) is 7.05 Å². The molecular weight excluding hydrogens is 687 g/mol. The Kier molecular flexibility index (Phi) is 9.38. The van der Waals surface area contributed by atoms with E-state index in [4.69, 9.17) is 4.74 Å². The number of ketones is 2. The number of fused-ring (bicyclic) bond motifs is 5. The quantitative estimate of drug-likeness (QED) is 0.189. The molecule has 6 aliphatic rings. The van der Waals surface area contributed by atoms with Crippen molar-refractivity contribution >= 4 is 11.6 Å². The van der Waals surface area contributed by atoms with Crippen LogP contribution in [0.15, 0.2) is 53.6 Å². The minimum atomic E-state index is -0.663. The Labute approximate surface area is 328 Å².